The van der Waals surface area contributed by atoms with E-state index in [2.05, 4.69) is 41.5 Å². The molecule has 0 radical (unpaired) electrons. The molecule has 0 bridgehead atoms. The highest BCUT2D eigenvalue weighted by molar-refractivity contribution is 6.55. The van der Waals surface area contributed by atoms with Gasteiger partial charge in [-0.15, -0.1) is 5.46 Å². The molecule has 1 aromatic rings. The van der Waals surface area contributed by atoms with Crippen LogP contribution in [0.2, 0.25) is 0 Å². The summed E-state index contributed by atoms with van der Waals surface area (Å²) in [6.07, 6.45) is 0. The maximum absolute atomic E-state index is 10.3. The summed E-state index contributed by atoms with van der Waals surface area (Å²) >= 11 is 0. The molecule has 6 heteroatoms. The fraction of sp³-hybridized carbons (Fsp3) is 0.684. The van der Waals surface area contributed by atoms with Crippen LogP contribution in [0, 0.1) is 0 Å². The molecular formula is C19H39BN2O3. The van der Waals surface area contributed by atoms with Crippen LogP contribution in [0.15, 0.2) is 24.3 Å². The standard InChI is InChI=1S/C7H7BO3.2C6H15N/c9-5-6-1-3-7(4-2-6)8(10)11;2*1-4-7(5-2)6-3/h1-4,9H,5H2;2*4-6H2,1-3H3/q-2;;/p+2. The summed E-state index contributed by atoms with van der Waals surface area (Å²) in [5.74, 6) is 0. The molecule has 1 aromatic carbocycles. The van der Waals surface area contributed by atoms with Crippen molar-refractivity contribution in [3.63, 3.8) is 0 Å². The Kier molecular flexibility index (Phi) is 18.8. The lowest BCUT2D eigenvalue weighted by Gasteiger charge is -2.26. The molecule has 0 aliphatic heterocycles. The molecule has 0 atom stereocenters. The number of quaternary nitrogens is 2. The number of benzene rings is 1. The van der Waals surface area contributed by atoms with Crippen molar-refractivity contribution in [2.24, 2.45) is 0 Å². The molecule has 1 rings (SSSR count). The van der Waals surface area contributed by atoms with E-state index in [0.29, 0.717) is 5.56 Å². The van der Waals surface area contributed by atoms with Gasteiger partial charge in [-0.05, 0) is 47.1 Å². The lowest BCUT2D eigenvalue weighted by Crippen LogP contribution is -3.11. The Bertz CT molecular complexity index is 358. The third-order valence-electron chi connectivity index (χ3n) is 4.43. The van der Waals surface area contributed by atoms with Gasteiger partial charge >= 0.3 is 0 Å². The zero-order valence-corrected chi connectivity index (χ0v) is 17.1. The van der Waals surface area contributed by atoms with Gasteiger partial charge < -0.3 is 25.0 Å². The first-order valence-electron chi connectivity index (χ1n) is 9.62. The summed E-state index contributed by atoms with van der Waals surface area (Å²) in [5.41, 5.74) is 0.914. The molecule has 25 heavy (non-hydrogen) atoms. The van der Waals surface area contributed by atoms with Crippen molar-refractivity contribution < 1.29 is 25.0 Å². The predicted octanol–water partition coefficient (Wildman–Crippen LogP) is -2.54. The monoisotopic (exact) mass is 354 g/mol. The van der Waals surface area contributed by atoms with Crippen molar-refractivity contribution in [2.75, 3.05) is 39.3 Å². The largest absolute Gasteiger partial charge is 0.889 e. The second kappa shape index (κ2) is 17.9. The van der Waals surface area contributed by atoms with Gasteiger partial charge in [-0.1, -0.05) is 31.4 Å². The molecule has 0 amide bonds. The Labute approximate surface area is 155 Å². The smallest absolute Gasteiger partial charge is 0.0742 e. The fourth-order valence-corrected chi connectivity index (χ4v) is 2.28. The second-order valence-corrected chi connectivity index (χ2v) is 5.85. The van der Waals surface area contributed by atoms with Gasteiger partial charge in [0.25, 0.3) is 0 Å². The van der Waals surface area contributed by atoms with Crippen molar-refractivity contribution in [2.45, 2.75) is 48.1 Å². The van der Waals surface area contributed by atoms with Gasteiger partial charge in [0.05, 0.1) is 45.9 Å². The molecular weight excluding hydrogens is 315 g/mol. The van der Waals surface area contributed by atoms with E-state index in [0.717, 1.165) is 0 Å². The van der Waals surface area contributed by atoms with Gasteiger partial charge in [0, 0.05) is 0 Å². The van der Waals surface area contributed by atoms with Crippen LogP contribution < -0.4 is 25.3 Å². The molecule has 0 spiro atoms. The molecule has 0 unspecified atom stereocenters. The first-order valence-corrected chi connectivity index (χ1v) is 9.62. The highest BCUT2D eigenvalue weighted by atomic mass is 16.4. The van der Waals surface area contributed by atoms with E-state index < -0.39 is 7.12 Å². The zero-order chi connectivity index (χ0) is 19.7. The maximum Gasteiger partial charge on any atom is 0.0742 e. The van der Waals surface area contributed by atoms with Crippen LogP contribution in [0.3, 0.4) is 0 Å². The normalized spacial score (nSPS) is 10.0. The average Bonchev–Trinajstić information content (AvgIpc) is 2.65. The van der Waals surface area contributed by atoms with Gasteiger partial charge in [0.15, 0.2) is 0 Å². The van der Waals surface area contributed by atoms with Crippen molar-refractivity contribution in [3.05, 3.63) is 29.8 Å². The van der Waals surface area contributed by atoms with E-state index in [1.54, 1.807) is 21.9 Å². The topological polar surface area (TPSA) is 75.2 Å². The van der Waals surface area contributed by atoms with Crippen molar-refractivity contribution in [3.8, 4) is 0 Å². The molecule has 0 saturated carbocycles. The van der Waals surface area contributed by atoms with Crippen LogP contribution in [0.25, 0.3) is 0 Å². The molecule has 0 aromatic heterocycles. The molecule has 0 aliphatic carbocycles. The molecule has 0 heterocycles. The first kappa shape index (κ1) is 26.3. The van der Waals surface area contributed by atoms with Crippen molar-refractivity contribution >= 4 is 12.6 Å². The SMILES string of the molecule is CC[NH+](CC)CC.CC[NH+](CC)CC.[O-]B([O-])c1ccc(CO)cc1. The van der Waals surface area contributed by atoms with Gasteiger partial charge in [-0.3, -0.25) is 0 Å². The van der Waals surface area contributed by atoms with Gasteiger partial charge in [0.1, 0.15) is 0 Å². The van der Waals surface area contributed by atoms with Gasteiger partial charge in [-0.2, -0.15) is 0 Å². The summed E-state index contributed by atoms with van der Waals surface area (Å²) in [4.78, 5) is 3.36. The van der Waals surface area contributed by atoms with Crippen LogP contribution in [0.5, 0.6) is 0 Å². The minimum Gasteiger partial charge on any atom is -0.889 e. The minimum atomic E-state index is -1.93. The van der Waals surface area contributed by atoms with E-state index in [1.165, 1.54) is 51.4 Å². The summed E-state index contributed by atoms with van der Waals surface area (Å²) in [6.45, 7) is 20.9. The summed E-state index contributed by atoms with van der Waals surface area (Å²) < 4.78 is 0. The fourth-order valence-electron chi connectivity index (χ4n) is 2.28. The zero-order valence-electron chi connectivity index (χ0n) is 17.1. The Hall–Kier alpha value is -0.915. The Morgan fingerprint density at radius 2 is 1.04 bits per heavy atom. The summed E-state index contributed by atoms with van der Waals surface area (Å²) in [6, 6.07) is 6.02. The van der Waals surface area contributed by atoms with Crippen LogP contribution in [-0.4, -0.2) is 51.5 Å². The maximum atomic E-state index is 10.3. The summed E-state index contributed by atoms with van der Waals surface area (Å²) in [7, 11) is -1.93. The van der Waals surface area contributed by atoms with Crippen molar-refractivity contribution in [1.29, 1.82) is 0 Å². The first-order chi connectivity index (χ1) is 11.9. The lowest BCUT2D eigenvalue weighted by molar-refractivity contribution is -0.894. The van der Waals surface area contributed by atoms with Gasteiger partial charge in [-0.25, -0.2) is 0 Å². The number of rotatable bonds is 8. The van der Waals surface area contributed by atoms with E-state index in [4.69, 9.17) is 5.11 Å². The Morgan fingerprint density at radius 3 is 1.20 bits per heavy atom. The van der Waals surface area contributed by atoms with E-state index >= 15 is 0 Å². The Balaban J connectivity index is 0. The van der Waals surface area contributed by atoms with E-state index in [9.17, 15) is 10.0 Å². The van der Waals surface area contributed by atoms with E-state index in [1.807, 2.05) is 0 Å². The predicted molar refractivity (Wildman–Crippen MR) is 103 cm³/mol. The van der Waals surface area contributed by atoms with Gasteiger partial charge in [0.2, 0.25) is 0 Å². The average molecular weight is 354 g/mol. The van der Waals surface area contributed by atoms with Crippen LogP contribution in [0.1, 0.15) is 47.1 Å². The molecule has 0 fully saturated rings. The van der Waals surface area contributed by atoms with Crippen molar-refractivity contribution in [1.82, 2.24) is 0 Å². The van der Waals surface area contributed by atoms with E-state index in [-0.39, 0.29) is 12.1 Å². The highest BCUT2D eigenvalue weighted by Gasteiger charge is 1.93. The molecule has 3 N–H and O–H groups in total. The molecule has 5 nitrogen and oxygen atoms in total. The van der Waals surface area contributed by atoms with Crippen LogP contribution >= 0.6 is 0 Å². The number of hydrogen-bond acceptors (Lipinski definition) is 3. The molecule has 0 saturated heterocycles. The number of aliphatic hydroxyl groups excluding tert-OH is 1. The van der Waals surface area contributed by atoms with Crippen LogP contribution in [-0.2, 0) is 6.61 Å². The number of nitrogens with one attached hydrogen (secondary N) is 2. The molecule has 0 aliphatic rings. The Morgan fingerprint density at radius 1 is 0.720 bits per heavy atom. The number of hydrogen-bond donors (Lipinski definition) is 3. The van der Waals surface area contributed by atoms with Crippen LogP contribution in [0.4, 0.5) is 0 Å². The number of aliphatic hydroxyl groups is 1. The molecule has 146 valence electrons. The lowest BCUT2D eigenvalue weighted by atomic mass is 9.80. The summed E-state index contributed by atoms with van der Waals surface area (Å²) in [5, 5.41) is 29.2. The highest BCUT2D eigenvalue weighted by Crippen LogP contribution is 1.94. The second-order valence-electron chi connectivity index (χ2n) is 5.85. The quantitative estimate of drug-likeness (QED) is 0.450. The third kappa shape index (κ3) is 14.0. The third-order valence-corrected chi connectivity index (χ3v) is 4.43. The minimum absolute atomic E-state index is 0.0668.